The van der Waals surface area contributed by atoms with Gasteiger partial charge in [-0.05, 0) is 99.1 Å². The van der Waals surface area contributed by atoms with Gasteiger partial charge in [0.1, 0.15) is 11.2 Å². The van der Waals surface area contributed by atoms with Crippen LogP contribution in [-0.4, -0.2) is 0 Å². The fraction of sp³-hybridized carbons (Fsp3) is 0. The number of furan rings is 1. The minimum Gasteiger partial charge on any atom is -0.455 e. The van der Waals surface area contributed by atoms with Gasteiger partial charge in [-0.3, -0.25) is 0 Å². The van der Waals surface area contributed by atoms with Gasteiger partial charge in [0.05, 0.1) is 0 Å². The van der Waals surface area contributed by atoms with Gasteiger partial charge in [0.25, 0.3) is 0 Å². The van der Waals surface area contributed by atoms with Crippen LogP contribution in [0.1, 0.15) is 0 Å². The Morgan fingerprint density at radius 3 is 1.83 bits per heavy atom. The Labute approximate surface area is 310 Å². The Morgan fingerprint density at radius 2 is 1.00 bits per heavy atom. The molecular formula is C50H31NOS. The van der Waals surface area contributed by atoms with Crippen molar-refractivity contribution >= 4 is 92.1 Å². The molecule has 248 valence electrons. The molecule has 0 aliphatic carbocycles. The Hall–Kier alpha value is -6.68. The molecule has 0 fully saturated rings. The number of fused-ring (bicyclic) bond motifs is 9. The fourth-order valence-corrected chi connectivity index (χ4v) is 9.20. The van der Waals surface area contributed by atoms with Crippen molar-refractivity contribution in [3.63, 3.8) is 0 Å². The number of rotatable bonds is 5. The van der Waals surface area contributed by atoms with E-state index in [4.69, 9.17) is 4.42 Å². The zero-order chi connectivity index (χ0) is 34.9. The van der Waals surface area contributed by atoms with E-state index < -0.39 is 0 Å². The van der Waals surface area contributed by atoms with Crippen LogP contribution in [0.3, 0.4) is 0 Å². The van der Waals surface area contributed by atoms with E-state index in [1.54, 1.807) is 0 Å². The molecule has 0 radical (unpaired) electrons. The highest BCUT2D eigenvalue weighted by molar-refractivity contribution is 7.25. The lowest BCUT2D eigenvalue weighted by molar-refractivity contribution is 0.673. The summed E-state index contributed by atoms with van der Waals surface area (Å²) in [4.78, 5) is 2.37. The second-order valence-corrected chi connectivity index (χ2v) is 14.8. The molecule has 53 heavy (non-hydrogen) atoms. The monoisotopic (exact) mass is 693 g/mol. The lowest BCUT2D eigenvalue weighted by Gasteiger charge is -2.26. The zero-order valence-corrected chi connectivity index (χ0v) is 29.5. The highest BCUT2D eigenvalue weighted by Crippen LogP contribution is 2.43. The van der Waals surface area contributed by atoms with Crippen LogP contribution < -0.4 is 4.90 Å². The summed E-state index contributed by atoms with van der Waals surface area (Å²) in [6.45, 7) is 0. The van der Waals surface area contributed by atoms with E-state index in [9.17, 15) is 0 Å². The predicted molar refractivity (Wildman–Crippen MR) is 227 cm³/mol. The van der Waals surface area contributed by atoms with Crippen molar-refractivity contribution in [3.8, 4) is 22.3 Å². The number of hydrogen-bond acceptors (Lipinski definition) is 3. The standard InChI is InChI=1S/C50H31NOS/c1-2-10-36-30-37(17-16-32(36)8-1)33-18-23-38(24-19-33)51(40-27-29-44-43-12-5-6-15-47(43)53-48(44)31-40)39-25-20-35(21-26-39)41-13-7-14-46-49(41)45-28-22-34-9-3-4-11-42(34)50(45)52-46/h1-31H. The molecule has 2 nitrogen and oxygen atoms in total. The Morgan fingerprint density at radius 1 is 0.377 bits per heavy atom. The summed E-state index contributed by atoms with van der Waals surface area (Å²) in [5, 5.41) is 9.72. The SMILES string of the molecule is c1ccc2cc(-c3ccc(N(c4ccc(-c5cccc6oc7c8ccccc8ccc7c56)cc4)c4ccc5c(c4)sc4ccccc45)cc3)ccc2c1. The summed E-state index contributed by atoms with van der Waals surface area (Å²) in [7, 11) is 0. The maximum Gasteiger partial charge on any atom is 0.143 e. The highest BCUT2D eigenvalue weighted by Gasteiger charge is 2.18. The van der Waals surface area contributed by atoms with Crippen molar-refractivity contribution in [2.75, 3.05) is 4.90 Å². The summed E-state index contributed by atoms with van der Waals surface area (Å²) in [5.41, 5.74) is 9.92. The van der Waals surface area contributed by atoms with Gasteiger partial charge in [0.15, 0.2) is 0 Å². The van der Waals surface area contributed by atoms with Gasteiger partial charge in [0, 0.05) is 53.4 Å². The average molecular weight is 694 g/mol. The molecule has 0 aliphatic rings. The van der Waals surface area contributed by atoms with Gasteiger partial charge in [-0.25, -0.2) is 0 Å². The van der Waals surface area contributed by atoms with E-state index >= 15 is 0 Å². The number of benzene rings is 9. The molecule has 2 aromatic heterocycles. The van der Waals surface area contributed by atoms with E-state index in [2.05, 4.69) is 193 Å². The Kier molecular flexibility index (Phi) is 6.76. The van der Waals surface area contributed by atoms with Crippen LogP contribution in [-0.2, 0) is 0 Å². The summed E-state index contributed by atoms with van der Waals surface area (Å²) in [5.74, 6) is 0. The van der Waals surface area contributed by atoms with E-state index in [-0.39, 0.29) is 0 Å². The van der Waals surface area contributed by atoms with Crippen molar-refractivity contribution < 1.29 is 4.42 Å². The van der Waals surface area contributed by atoms with Crippen molar-refractivity contribution in [2.45, 2.75) is 0 Å². The maximum absolute atomic E-state index is 6.52. The molecule has 0 saturated heterocycles. The van der Waals surface area contributed by atoms with Crippen molar-refractivity contribution in [1.29, 1.82) is 0 Å². The van der Waals surface area contributed by atoms with Crippen molar-refractivity contribution in [2.24, 2.45) is 0 Å². The number of nitrogens with zero attached hydrogens (tertiary/aromatic N) is 1. The van der Waals surface area contributed by atoms with Crippen molar-refractivity contribution in [3.05, 3.63) is 188 Å². The van der Waals surface area contributed by atoms with Crippen molar-refractivity contribution in [1.82, 2.24) is 0 Å². The Balaban J connectivity index is 1.03. The average Bonchev–Trinajstić information content (AvgIpc) is 3.80. The van der Waals surface area contributed by atoms with E-state index in [0.717, 1.165) is 50.0 Å². The van der Waals surface area contributed by atoms with Gasteiger partial charge in [-0.15, -0.1) is 11.3 Å². The largest absolute Gasteiger partial charge is 0.455 e. The lowest BCUT2D eigenvalue weighted by atomic mass is 9.98. The third-order valence-electron chi connectivity index (χ3n) is 10.7. The van der Waals surface area contributed by atoms with Gasteiger partial charge in [-0.1, -0.05) is 127 Å². The summed E-state index contributed by atoms with van der Waals surface area (Å²) in [6, 6.07) is 68.0. The lowest BCUT2D eigenvalue weighted by Crippen LogP contribution is -2.09. The molecule has 3 heteroatoms. The molecule has 0 unspecified atom stereocenters. The molecule has 0 bridgehead atoms. The van der Waals surface area contributed by atoms with Crippen LogP contribution in [0, 0.1) is 0 Å². The molecule has 11 aromatic rings. The van der Waals surface area contributed by atoms with Crippen LogP contribution >= 0.6 is 11.3 Å². The molecule has 0 spiro atoms. The van der Waals surface area contributed by atoms with E-state index in [1.807, 2.05) is 11.3 Å². The molecule has 2 heterocycles. The first-order valence-electron chi connectivity index (χ1n) is 18.0. The third kappa shape index (κ3) is 4.93. The van der Waals surface area contributed by atoms with Gasteiger partial charge < -0.3 is 9.32 Å². The maximum atomic E-state index is 6.52. The summed E-state index contributed by atoms with van der Waals surface area (Å²) >= 11 is 1.85. The minimum absolute atomic E-state index is 0.905. The molecule has 0 N–H and O–H groups in total. The number of thiophene rings is 1. The highest BCUT2D eigenvalue weighted by atomic mass is 32.1. The summed E-state index contributed by atoms with van der Waals surface area (Å²) < 4.78 is 9.11. The number of anilines is 3. The van der Waals surface area contributed by atoms with E-state index in [0.29, 0.717) is 0 Å². The molecule has 0 atom stereocenters. The minimum atomic E-state index is 0.905. The summed E-state index contributed by atoms with van der Waals surface area (Å²) in [6.07, 6.45) is 0. The molecular weight excluding hydrogens is 663 g/mol. The Bertz CT molecular complexity index is 3170. The second-order valence-electron chi connectivity index (χ2n) is 13.7. The van der Waals surface area contributed by atoms with E-state index in [1.165, 1.54) is 53.0 Å². The molecule has 0 amide bonds. The van der Waals surface area contributed by atoms with Crippen LogP contribution in [0.15, 0.2) is 192 Å². The fourth-order valence-electron chi connectivity index (χ4n) is 8.06. The topological polar surface area (TPSA) is 16.4 Å². The van der Waals surface area contributed by atoms with Gasteiger partial charge in [-0.2, -0.15) is 0 Å². The molecule has 11 rings (SSSR count). The molecule has 0 saturated carbocycles. The first-order chi connectivity index (χ1) is 26.2. The van der Waals surface area contributed by atoms with Crippen LogP contribution in [0.5, 0.6) is 0 Å². The number of hydrogen-bond donors (Lipinski definition) is 0. The smallest absolute Gasteiger partial charge is 0.143 e. The first kappa shape index (κ1) is 30.0. The zero-order valence-electron chi connectivity index (χ0n) is 28.7. The normalized spacial score (nSPS) is 11.8. The predicted octanol–water partition coefficient (Wildman–Crippen LogP) is 15.1. The van der Waals surface area contributed by atoms with Gasteiger partial charge in [0.2, 0.25) is 0 Å². The quantitative estimate of drug-likeness (QED) is 0.178. The molecule has 9 aromatic carbocycles. The van der Waals surface area contributed by atoms with Crippen LogP contribution in [0.4, 0.5) is 17.1 Å². The van der Waals surface area contributed by atoms with Gasteiger partial charge >= 0.3 is 0 Å². The second kappa shape index (κ2) is 11.9. The van der Waals surface area contributed by atoms with Crippen LogP contribution in [0.25, 0.3) is 85.9 Å². The first-order valence-corrected chi connectivity index (χ1v) is 18.8. The molecule has 0 aliphatic heterocycles. The van der Waals surface area contributed by atoms with Crippen LogP contribution in [0.2, 0.25) is 0 Å². The third-order valence-corrected chi connectivity index (χ3v) is 11.8.